The van der Waals surface area contributed by atoms with Gasteiger partial charge in [-0.15, -0.1) is 0 Å². The van der Waals surface area contributed by atoms with Crippen molar-refractivity contribution in [3.8, 4) is 5.75 Å². The van der Waals surface area contributed by atoms with Crippen molar-refractivity contribution in [1.82, 2.24) is 0 Å². The Kier molecular flexibility index (Phi) is 5.21. The lowest BCUT2D eigenvalue weighted by atomic mass is 10.0. The maximum atomic E-state index is 11.3. The Labute approximate surface area is 124 Å². The Hall–Kier alpha value is -2.49. The highest BCUT2D eigenvalue weighted by atomic mass is 16.5. The first kappa shape index (κ1) is 14.9. The van der Waals surface area contributed by atoms with Crippen LogP contribution in [0.15, 0.2) is 48.5 Å². The van der Waals surface area contributed by atoms with Gasteiger partial charge in [0.2, 0.25) is 0 Å². The van der Waals surface area contributed by atoms with Crippen LogP contribution < -0.4 is 5.32 Å². The van der Waals surface area contributed by atoms with E-state index in [1.807, 2.05) is 30.3 Å². The zero-order valence-electron chi connectivity index (χ0n) is 12.0. The van der Waals surface area contributed by atoms with Gasteiger partial charge < -0.3 is 15.2 Å². The van der Waals surface area contributed by atoms with Crippen LogP contribution in [-0.2, 0) is 16.0 Å². The summed E-state index contributed by atoms with van der Waals surface area (Å²) >= 11 is 0. The Morgan fingerprint density at radius 1 is 1.14 bits per heavy atom. The standard InChI is InChI=1S/C17H19NO3/c1-2-21-17(20)12-18-15-11-14(8-9-16(15)19)10-13-6-4-3-5-7-13/h3-9,11,18-19H,2,10,12H2,1H3. The predicted molar refractivity (Wildman–Crippen MR) is 82.5 cm³/mol. The fourth-order valence-corrected chi connectivity index (χ4v) is 2.05. The number of anilines is 1. The molecule has 0 aromatic heterocycles. The van der Waals surface area contributed by atoms with Crippen LogP contribution in [0.1, 0.15) is 18.1 Å². The van der Waals surface area contributed by atoms with Crippen molar-refractivity contribution in [3.05, 3.63) is 59.7 Å². The Bertz CT molecular complexity index is 596. The highest BCUT2D eigenvalue weighted by Crippen LogP contribution is 2.25. The fraction of sp³-hybridized carbons (Fsp3) is 0.235. The third kappa shape index (κ3) is 4.53. The number of hydrogen-bond acceptors (Lipinski definition) is 4. The molecule has 0 spiro atoms. The average Bonchev–Trinajstić information content (AvgIpc) is 2.49. The molecule has 0 fully saturated rings. The van der Waals surface area contributed by atoms with E-state index in [0.717, 1.165) is 12.0 Å². The molecule has 4 nitrogen and oxygen atoms in total. The molecule has 4 heteroatoms. The number of benzene rings is 2. The van der Waals surface area contributed by atoms with Gasteiger partial charge in [0.1, 0.15) is 12.3 Å². The minimum atomic E-state index is -0.342. The second kappa shape index (κ2) is 7.33. The number of hydrogen-bond donors (Lipinski definition) is 2. The first-order valence-corrected chi connectivity index (χ1v) is 6.94. The summed E-state index contributed by atoms with van der Waals surface area (Å²) in [5.41, 5.74) is 2.79. The largest absolute Gasteiger partial charge is 0.506 e. The molecule has 0 aliphatic heterocycles. The molecule has 0 radical (unpaired) electrons. The second-order valence-corrected chi connectivity index (χ2v) is 4.67. The topological polar surface area (TPSA) is 58.6 Å². The summed E-state index contributed by atoms with van der Waals surface area (Å²) in [6, 6.07) is 15.4. The number of phenols is 1. The number of carbonyl (C=O) groups excluding carboxylic acids is 1. The van der Waals surface area contributed by atoms with Gasteiger partial charge in [-0.1, -0.05) is 36.4 Å². The first-order chi connectivity index (χ1) is 10.2. The molecular formula is C17H19NO3. The quantitative estimate of drug-likeness (QED) is 0.633. The van der Waals surface area contributed by atoms with Crippen LogP contribution in [0.5, 0.6) is 5.75 Å². The van der Waals surface area contributed by atoms with E-state index in [4.69, 9.17) is 4.74 Å². The number of carbonyl (C=O) groups is 1. The predicted octanol–water partition coefficient (Wildman–Crippen LogP) is 2.96. The monoisotopic (exact) mass is 285 g/mol. The maximum Gasteiger partial charge on any atom is 0.325 e. The molecule has 2 N–H and O–H groups in total. The summed E-state index contributed by atoms with van der Waals surface area (Å²) in [6.45, 7) is 2.15. The summed E-state index contributed by atoms with van der Waals surface area (Å²) in [5, 5.41) is 12.7. The number of ether oxygens (including phenoxy) is 1. The summed E-state index contributed by atoms with van der Waals surface area (Å²) in [4.78, 5) is 11.3. The second-order valence-electron chi connectivity index (χ2n) is 4.67. The van der Waals surface area contributed by atoms with E-state index >= 15 is 0 Å². The molecule has 0 heterocycles. The third-order valence-corrected chi connectivity index (χ3v) is 3.04. The molecule has 0 amide bonds. The van der Waals surface area contributed by atoms with Crippen molar-refractivity contribution < 1.29 is 14.6 Å². The van der Waals surface area contributed by atoms with E-state index in [9.17, 15) is 9.90 Å². The van der Waals surface area contributed by atoms with Gasteiger partial charge in [-0.3, -0.25) is 4.79 Å². The van der Waals surface area contributed by atoms with Gasteiger partial charge in [0.05, 0.1) is 12.3 Å². The van der Waals surface area contributed by atoms with Gasteiger partial charge in [0.25, 0.3) is 0 Å². The van der Waals surface area contributed by atoms with Gasteiger partial charge >= 0.3 is 5.97 Å². The highest BCUT2D eigenvalue weighted by molar-refractivity contribution is 5.76. The fourth-order valence-electron chi connectivity index (χ4n) is 2.05. The van der Waals surface area contributed by atoms with Crippen molar-refractivity contribution in [3.63, 3.8) is 0 Å². The number of rotatable bonds is 6. The maximum absolute atomic E-state index is 11.3. The number of esters is 1. The van der Waals surface area contributed by atoms with E-state index < -0.39 is 0 Å². The Morgan fingerprint density at radius 2 is 1.90 bits per heavy atom. The molecule has 2 aromatic carbocycles. The number of phenolic OH excluding ortho intramolecular Hbond substituents is 1. The molecular weight excluding hydrogens is 266 g/mol. The number of aromatic hydroxyl groups is 1. The molecule has 0 aliphatic carbocycles. The smallest absolute Gasteiger partial charge is 0.325 e. The van der Waals surface area contributed by atoms with Crippen LogP contribution in [0.2, 0.25) is 0 Å². The van der Waals surface area contributed by atoms with E-state index in [1.165, 1.54) is 5.56 Å². The molecule has 21 heavy (non-hydrogen) atoms. The van der Waals surface area contributed by atoms with Crippen molar-refractivity contribution in [1.29, 1.82) is 0 Å². The highest BCUT2D eigenvalue weighted by Gasteiger charge is 2.06. The lowest BCUT2D eigenvalue weighted by Gasteiger charge is -2.10. The van der Waals surface area contributed by atoms with Crippen LogP contribution >= 0.6 is 0 Å². The molecule has 0 bridgehead atoms. The molecule has 0 atom stereocenters. The molecule has 2 aromatic rings. The van der Waals surface area contributed by atoms with Gasteiger partial charge in [-0.25, -0.2) is 0 Å². The molecule has 0 aliphatic rings. The van der Waals surface area contributed by atoms with Crippen LogP contribution in [0.25, 0.3) is 0 Å². The van der Waals surface area contributed by atoms with Crippen molar-refractivity contribution in [2.24, 2.45) is 0 Å². The Morgan fingerprint density at radius 3 is 2.62 bits per heavy atom. The lowest BCUT2D eigenvalue weighted by Crippen LogP contribution is -2.16. The summed E-state index contributed by atoms with van der Waals surface area (Å²) < 4.78 is 4.85. The van der Waals surface area contributed by atoms with E-state index in [2.05, 4.69) is 17.4 Å². The van der Waals surface area contributed by atoms with Gasteiger partial charge in [-0.05, 0) is 36.6 Å². The van der Waals surface area contributed by atoms with Crippen LogP contribution in [0.3, 0.4) is 0 Å². The van der Waals surface area contributed by atoms with Gasteiger partial charge in [0, 0.05) is 0 Å². The summed E-state index contributed by atoms with van der Waals surface area (Å²) in [5.74, 6) is -0.221. The molecule has 0 saturated heterocycles. The lowest BCUT2D eigenvalue weighted by molar-refractivity contribution is -0.140. The van der Waals surface area contributed by atoms with Crippen LogP contribution in [0, 0.1) is 0 Å². The van der Waals surface area contributed by atoms with E-state index in [1.54, 1.807) is 13.0 Å². The summed E-state index contributed by atoms with van der Waals surface area (Å²) in [7, 11) is 0. The Balaban J connectivity index is 2.05. The SMILES string of the molecule is CCOC(=O)CNc1cc(Cc2ccccc2)ccc1O. The van der Waals surface area contributed by atoms with Gasteiger partial charge in [-0.2, -0.15) is 0 Å². The molecule has 0 unspecified atom stereocenters. The normalized spacial score (nSPS) is 10.1. The van der Waals surface area contributed by atoms with Gasteiger partial charge in [0.15, 0.2) is 0 Å². The summed E-state index contributed by atoms with van der Waals surface area (Å²) in [6.07, 6.45) is 0.773. The zero-order chi connectivity index (χ0) is 15.1. The first-order valence-electron chi connectivity index (χ1n) is 6.94. The molecule has 110 valence electrons. The van der Waals surface area contributed by atoms with E-state index in [-0.39, 0.29) is 18.3 Å². The zero-order valence-corrected chi connectivity index (χ0v) is 12.0. The molecule has 2 rings (SSSR count). The van der Waals surface area contributed by atoms with Crippen molar-refractivity contribution >= 4 is 11.7 Å². The minimum absolute atomic E-state index is 0.0379. The third-order valence-electron chi connectivity index (χ3n) is 3.04. The van der Waals surface area contributed by atoms with Crippen molar-refractivity contribution in [2.75, 3.05) is 18.5 Å². The average molecular weight is 285 g/mol. The van der Waals surface area contributed by atoms with Crippen LogP contribution in [-0.4, -0.2) is 24.2 Å². The van der Waals surface area contributed by atoms with Crippen molar-refractivity contribution in [2.45, 2.75) is 13.3 Å². The van der Waals surface area contributed by atoms with Crippen LogP contribution in [0.4, 0.5) is 5.69 Å². The number of nitrogens with one attached hydrogen (secondary N) is 1. The minimum Gasteiger partial charge on any atom is -0.506 e. The van der Waals surface area contributed by atoms with E-state index in [0.29, 0.717) is 12.3 Å². The molecule has 0 saturated carbocycles.